The molecule has 4 rings (SSSR count). The molecule has 1 aliphatic carbocycles. The van der Waals surface area contributed by atoms with E-state index in [-0.39, 0.29) is 11.7 Å². The number of rotatable bonds is 10. The van der Waals surface area contributed by atoms with Crippen molar-refractivity contribution in [1.82, 2.24) is 24.9 Å². The first kappa shape index (κ1) is 27.9. The summed E-state index contributed by atoms with van der Waals surface area (Å²) in [6.45, 7) is 14.0. The van der Waals surface area contributed by atoms with Crippen molar-refractivity contribution in [2.24, 2.45) is 11.8 Å². The summed E-state index contributed by atoms with van der Waals surface area (Å²) in [6.07, 6.45) is 5.63. The fourth-order valence-electron chi connectivity index (χ4n) is 5.89. The molecule has 0 aromatic carbocycles. The molecule has 2 atom stereocenters. The minimum atomic E-state index is -3.26. The SMILES string of the molecule is CCc1nn(CC(C)S(=O)(=O)CCC2CCc3[nH]nc(C(C)C)c3C2)c2c1CN(C(=O)CC(C)C)CC2. The van der Waals surface area contributed by atoms with Crippen LogP contribution in [0.1, 0.15) is 101 Å². The van der Waals surface area contributed by atoms with Crippen LogP contribution in [0.15, 0.2) is 0 Å². The minimum absolute atomic E-state index is 0.192. The summed E-state index contributed by atoms with van der Waals surface area (Å²) in [5, 5.41) is 12.0. The van der Waals surface area contributed by atoms with E-state index in [1.165, 1.54) is 11.3 Å². The molecular formula is C28H45N5O3S. The zero-order valence-corrected chi connectivity index (χ0v) is 24.3. The second-order valence-electron chi connectivity index (χ2n) is 11.9. The number of fused-ring (bicyclic) bond motifs is 2. The number of sulfone groups is 1. The van der Waals surface area contributed by atoms with Gasteiger partial charge in [-0.15, -0.1) is 0 Å². The number of carbonyl (C=O) groups is 1. The van der Waals surface area contributed by atoms with Crippen LogP contribution in [-0.4, -0.2) is 56.8 Å². The van der Waals surface area contributed by atoms with Crippen LogP contribution in [0.4, 0.5) is 0 Å². The molecule has 2 aromatic heterocycles. The fourth-order valence-corrected chi connectivity index (χ4v) is 7.33. The van der Waals surface area contributed by atoms with Gasteiger partial charge in [-0.05, 0) is 62.3 Å². The molecule has 0 radical (unpaired) electrons. The topological polar surface area (TPSA) is 101 Å². The third-order valence-electron chi connectivity index (χ3n) is 8.17. The predicted octanol–water partition coefficient (Wildman–Crippen LogP) is 4.22. The number of hydrogen-bond donors (Lipinski definition) is 1. The van der Waals surface area contributed by atoms with Gasteiger partial charge in [-0.25, -0.2) is 8.42 Å². The monoisotopic (exact) mass is 531 g/mol. The van der Waals surface area contributed by atoms with Gasteiger partial charge in [-0.1, -0.05) is 34.6 Å². The molecule has 1 amide bonds. The number of nitrogens with zero attached hydrogens (tertiary/aromatic N) is 4. The zero-order chi connectivity index (χ0) is 26.9. The molecule has 0 saturated heterocycles. The lowest BCUT2D eigenvalue weighted by Crippen LogP contribution is -2.37. The van der Waals surface area contributed by atoms with E-state index in [9.17, 15) is 13.2 Å². The second-order valence-corrected chi connectivity index (χ2v) is 14.4. The Bertz CT molecular complexity index is 1210. The Labute approximate surface area is 222 Å². The predicted molar refractivity (Wildman–Crippen MR) is 146 cm³/mol. The highest BCUT2D eigenvalue weighted by Gasteiger charge is 2.31. The summed E-state index contributed by atoms with van der Waals surface area (Å²) in [6, 6.07) is 0. The van der Waals surface area contributed by atoms with Crippen molar-refractivity contribution in [2.75, 3.05) is 12.3 Å². The first-order chi connectivity index (χ1) is 17.5. The van der Waals surface area contributed by atoms with Crippen LogP contribution in [0, 0.1) is 11.8 Å². The standard InChI is InChI=1S/C28H45N5O3S/c1-7-24-23-17-32(27(34)14-18(2)3)12-10-26(23)33(31-24)16-20(6)37(35,36)13-11-21-8-9-25-22(15-21)28(19(4)5)30-29-25/h18-21H,7-17H2,1-6H3,(H,29,30). The van der Waals surface area contributed by atoms with Crippen molar-refractivity contribution >= 4 is 15.7 Å². The molecule has 3 heterocycles. The first-order valence-electron chi connectivity index (χ1n) is 14.1. The van der Waals surface area contributed by atoms with Crippen molar-refractivity contribution in [2.45, 2.75) is 111 Å². The van der Waals surface area contributed by atoms with Crippen LogP contribution in [0.5, 0.6) is 0 Å². The van der Waals surface area contributed by atoms with Gasteiger partial charge in [-0.2, -0.15) is 10.2 Å². The van der Waals surface area contributed by atoms with E-state index < -0.39 is 15.1 Å². The van der Waals surface area contributed by atoms with Crippen molar-refractivity contribution in [3.05, 3.63) is 33.9 Å². The number of H-pyrrole nitrogens is 1. The second kappa shape index (κ2) is 11.3. The third-order valence-corrected chi connectivity index (χ3v) is 10.3. The summed E-state index contributed by atoms with van der Waals surface area (Å²) in [5.74, 6) is 1.49. The lowest BCUT2D eigenvalue weighted by Gasteiger charge is -2.29. The highest BCUT2D eigenvalue weighted by Crippen LogP contribution is 2.32. The molecule has 37 heavy (non-hydrogen) atoms. The summed E-state index contributed by atoms with van der Waals surface area (Å²) in [4.78, 5) is 14.6. The number of aryl methyl sites for hydroxylation is 2. The molecule has 206 valence electrons. The molecule has 2 aliphatic rings. The van der Waals surface area contributed by atoms with Crippen LogP contribution < -0.4 is 0 Å². The molecule has 1 aliphatic heterocycles. The summed E-state index contributed by atoms with van der Waals surface area (Å²) in [7, 11) is -3.26. The van der Waals surface area contributed by atoms with E-state index in [0.29, 0.717) is 50.2 Å². The third kappa shape index (κ3) is 6.13. The Morgan fingerprint density at radius 1 is 1.14 bits per heavy atom. The maximum atomic E-state index is 13.3. The highest BCUT2D eigenvalue weighted by molar-refractivity contribution is 7.91. The number of aromatic amines is 1. The normalized spacial score (nSPS) is 18.8. The molecule has 1 N–H and O–H groups in total. The Morgan fingerprint density at radius 3 is 2.57 bits per heavy atom. The first-order valence-corrected chi connectivity index (χ1v) is 15.8. The number of amides is 1. The molecule has 0 bridgehead atoms. The van der Waals surface area contributed by atoms with E-state index in [0.717, 1.165) is 54.7 Å². The summed E-state index contributed by atoms with van der Waals surface area (Å²) in [5.41, 5.74) is 6.89. The van der Waals surface area contributed by atoms with Gasteiger partial charge < -0.3 is 4.90 Å². The van der Waals surface area contributed by atoms with Crippen molar-refractivity contribution in [3.8, 4) is 0 Å². The smallest absolute Gasteiger partial charge is 0.223 e. The van der Waals surface area contributed by atoms with Crippen LogP contribution in [0.25, 0.3) is 0 Å². The summed E-state index contributed by atoms with van der Waals surface area (Å²) >= 11 is 0. The van der Waals surface area contributed by atoms with Crippen molar-refractivity contribution in [3.63, 3.8) is 0 Å². The lowest BCUT2D eigenvalue weighted by molar-refractivity contribution is -0.132. The van der Waals surface area contributed by atoms with E-state index in [2.05, 4.69) is 44.8 Å². The van der Waals surface area contributed by atoms with Gasteiger partial charge in [0.05, 0.1) is 28.9 Å². The van der Waals surface area contributed by atoms with Crippen LogP contribution in [0.2, 0.25) is 0 Å². The van der Waals surface area contributed by atoms with E-state index in [1.54, 1.807) is 0 Å². The number of nitrogens with one attached hydrogen (secondary N) is 1. The van der Waals surface area contributed by atoms with E-state index in [4.69, 9.17) is 5.10 Å². The van der Waals surface area contributed by atoms with Crippen LogP contribution >= 0.6 is 0 Å². The van der Waals surface area contributed by atoms with Gasteiger partial charge in [0, 0.05) is 42.9 Å². The Hall–Kier alpha value is -2.16. The van der Waals surface area contributed by atoms with Gasteiger partial charge >= 0.3 is 0 Å². The van der Waals surface area contributed by atoms with Crippen molar-refractivity contribution < 1.29 is 13.2 Å². The van der Waals surface area contributed by atoms with Crippen LogP contribution in [-0.2, 0) is 53.4 Å². The molecule has 2 unspecified atom stereocenters. The van der Waals surface area contributed by atoms with Gasteiger partial charge in [0.2, 0.25) is 5.91 Å². The largest absolute Gasteiger partial charge is 0.338 e. The van der Waals surface area contributed by atoms with Gasteiger partial charge in [0.1, 0.15) is 0 Å². The lowest BCUT2D eigenvalue weighted by atomic mass is 9.83. The maximum absolute atomic E-state index is 13.3. The quantitative estimate of drug-likeness (QED) is 0.495. The number of aromatic nitrogens is 4. The maximum Gasteiger partial charge on any atom is 0.223 e. The average molecular weight is 532 g/mol. The molecule has 0 fully saturated rings. The zero-order valence-electron chi connectivity index (χ0n) is 23.5. The van der Waals surface area contributed by atoms with Gasteiger partial charge in [0.15, 0.2) is 9.84 Å². The van der Waals surface area contributed by atoms with Crippen molar-refractivity contribution in [1.29, 1.82) is 0 Å². The number of hydrogen-bond acceptors (Lipinski definition) is 5. The molecular weight excluding hydrogens is 486 g/mol. The Balaban J connectivity index is 1.39. The van der Waals surface area contributed by atoms with E-state index >= 15 is 0 Å². The molecule has 9 heteroatoms. The number of carbonyl (C=O) groups excluding carboxylic acids is 1. The van der Waals surface area contributed by atoms with Gasteiger partial charge in [-0.3, -0.25) is 14.6 Å². The molecule has 0 spiro atoms. The molecule has 2 aromatic rings. The molecule has 8 nitrogen and oxygen atoms in total. The van der Waals surface area contributed by atoms with Crippen LogP contribution in [0.3, 0.4) is 0 Å². The Morgan fingerprint density at radius 2 is 1.89 bits per heavy atom. The average Bonchev–Trinajstić information content (AvgIpc) is 3.43. The minimum Gasteiger partial charge on any atom is -0.338 e. The highest BCUT2D eigenvalue weighted by atomic mass is 32.2. The molecule has 0 saturated carbocycles. The summed E-state index contributed by atoms with van der Waals surface area (Å²) < 4.78 is 28.6. The van der Waals surface area contributed by atoms with E-state index in [1.807, 2.05) is 16.5 Å². The Kier molecular flexibility index (Phi) is 8.51. The fraction of sp³-hybridized carbons (Fsp3) is 0.750. The van der Waals surface area contributed by atoms with Gasteiger partial charge in [0.25, 0.3) is 0 Å².